The molecule has 0 aromatic rings. The second-order valence-corrected chi connectivity index (χ2v) is 4.24. The number of carboxylic acids is 1. The Morgan fingerprint density at radius 1 is 1.33 bits per heavy atom. The van der Waals surface area contributed by atoms with Gasteiger partial charge in [0.2, 0.25) is 0 Å². The van der Waals surface area contributed by atoms with Crippen LogP contribution in [0.15, 0.2) is 47.5 Å². The number of hydrogen-bond donors (Lipinski definition) is 1. The molecule has 0 saturated carbocycles. The smallest absolute Gasteiger partial charge is 0.337 e. The van der Waals surface area contributed by atoms with Crippen LogP contribution >= 0.6 is 23.2 Å². The van der Waals surface area contributed by atoms with Gasteiger partial charge in [-0.15, -0.1) is 0 Å². The molecule has 0 aliphatic rings. The lowest BCUT2D eigenvalue weighted by Gasteiger charge is -1.98. The Bertz CT molecular complexity index is 446. The van der Waals surface area contributed by atoms with Crippen molar-refractivity contribution in [3.63, 3.8) is 0 Å². The first-order valence-corrected chi connectivity index (χ1v) is 6.16. The lowest BCUT2D eigenvalue weighted by Crippen LogP contribution is -2.04. The Morgan fingerprint density at radius 2 is 1.71 bits per heavy atom. The summed E-state index contributed by atoms with van der Waals surface area (Å²) < 4.78 is 4.71. The summed E-state index contributed by atoms with van der Waals surface area (Å²) in [5, 5.41) is 16.0. The van der Waals surface area contributed by atoms with Crippen molar-refractivity contribution in [3.05, 3.63) is 47.5 Å². The number of nitrogens with zero attached hydrogens (tertiary/aromatic N) is 1. The van der Waals surface area contributed by atoms with E-state index in [2.05, 4.69) is 24.5 Å². The first kappa shape index (κ1) is 24.0. The molecule has 0 aliphatic heterocycles. The molecule has 0 radical (unpaired) electrons. The third-order valence-electron chi connectivity index (χ3n) is 1.26. The molecule has 0 unspecified atom stereocenters. The van der Waals surface area contributed by atoms with Crippen molar-refractivity contribution in [3.8, 4) is 6.07 Å². The fourth-order valence-corrected chi connectivity index (χ4v) is 0.430. The molecule has 0 aromatic carbocycles. The van der Waals surface area contributed by atoms with E-state index in [-0.39, 0.29) is 15.6 Å². The normalized spacial score (nSPS) is 8.14. The van der Waals surface area contributed by atoms with Gasteiger partial charge in [-0.1, -0.05) is 42.9 Å². The fourth-order valence-electron chi connectivity index (χ4n) is 0.430. The molecule has 0 amide bonds. The summed E-state index contributed by atoms with van der Waals surface area (Å²) in [6.07, 6.45) is 2.50. The number of carboxylic acid groups (broad SMARTS) is 1. The van der Waals surface area contributed by atoms with E-state index >= 15 is 0 Å². The SMILES string of the molecule is C=C(C)C(=O)O.C=C(C=CC#N)C(=O)OCC.C=C(Cl)Cl. The lowest BCUT2D eigenvalue weighted by atomic mass is 10.3. The Hall–Kier alpha value is -2.03. The second kappa shape index (κ2) is 16.0. The summed E-state index contributed by atoms with van der Waals surface area (Å²) in [5.74, 6) is -1.42. The maximum absolute atomic E-state index is 10.8. The van der Waals surface area contributed by atoms with Gasteiger partial charge in [0.25, 0.3) is 0 Å². The zero-order valence-electron chi connectivity index (χ0n) is 11.9. The number of carbonyl (C=O) groups is 2. The summed E-state index contributed by atoms with van der Waals surface area (Å²) >= 11 is 9.69. The van der Waals surface area contributed by atoms with E-state index in [0.29, 0.717) is 6.61 Å². The molecule has 0 aliphatic carbocycles. The van der Waals surface area contributed by atoms with Gasteiger partial charge in [0.1, 0.15) is 0 Å². The molecule has 0 bridgehead atoms. The molecule has 0 heterocycles. The van der Waals surface area contributed by atoms with Crippen LogP contribution in [-0.4, -0.2) is 23.7 Å². The number of halogens is 2. The zero-order valence-corrected chi connectivity index (χ0v) is 13.4. The van der Waals surface area contributed by atoms with Crippen LogP contribution in [0.25, 0.3) is 0 Å². The van der Waals surface area contributed by atoms with E-state index in [9.17, 15) is 9.59 Å². The number of hydrogen-bond acceptors (Lipinski definition) is 4. The minimum absolute atomic E-state index is 0.111. The summed E-state index contributed by atoms with van der Waals surface area (Å²) in [6.45, 7) is 13.1. The maximum atomic E-state index is 10.8. The highest BCUT2D eigenvalue weighted by Crippen LogP contribution is 1.98. The van der Waals surface area contributed by atoms with E-state index < -0.39 is 11.9 Å². The number of rotatable bonds is 4. The number of esters is 1. The lowest BCUT2D eigenvalue weighted by molar-refractivity contribution is -0.138. The topological polar surface area (TPSA) is 87.4 Å². The predicted molar refractivity (Wildman–Crippen MR) is 83.8 cm³/mol. The molecule has 0 spiro atoms. The molecule has 21 heavy (non-hydrogen) atoms. The van der Waals surface area contributed by atoms with Gasteiger partial charge in [0.05, 0.1) is 22.7 Å². The van der Waals surface area contributed by atoms with Crippen molar-refractivity contribution in [1.82, 2.24) is 0 Å². The number of nitriles is 1. The Labute approximate surface area is 134 Å². The van der Waals surface area contributed by atoms with E-state index in [4.69, 9.17) is 33.6 Å². The van der Waals surface area contributed by atoms with Crippen molar-refractivity contribution in [2.45, 2.75) is 13.8 Å². The monoisotopic (exact) mass is 333 g/mol. The summed E-state index contributed by atoms with van der Waals surface area (Å²) in [5.41, 5.74) is 0.364. The Kier molecular flexibility index (Phi) is 18.3. The molecular formula is C14H17Cl2NO4. The minimum atomic E-state index is -0.935. The highest BCUT2D eigenvalue weighted by Gasteiger charge is 2.01. The van der Waals surface area contributed by atoms with Crippen LogP contribution < -0.4 is 0 Å². The molecule has 116 valence electrons. The van der Waals surface area contributed by atoms with Gasteiger partial charge < -0.3 is 9.84 Å². The van der Waals surface area contributed by atoms with Gasteiger partial charge in [0.15, 0.2) is 0 Å². The predicted octanol–water partition coefficient (Wildman–Crippen LogP) is 3.77. The van der Waals surface area contributed by atoms with Gasteiger partial charge in [0, 0.05) is 11.6 Å². The van der Waals surface area contributed by atoms with Crippen molar-refractivity contribution < 1.29 is 19.4 Å². The quantitative estimate of drug-likeness (QED) is 0.366. The van der Waals surface area contributed by atoms with Crippen molar-refractivity contribution >= 4 is 35.1 Å². The molecule has 0 rings (SSSR count). The molecule has 0 saturated heterocycles. The second-order valence-electron chi connectivity index (χ2n) is 3.13. The molecule has 7 heteroatoms. The summed E-state index contributed by atoms with van der Waals surface area (Å²) in [6, 6.07) is 1.75. The largest absolute Gasteiger partial charge is 0.478 e. The standard InChI is InChI=1S/C8H9NO2.C4H6O2.C2H2Cl2/c1-3-11-8(10)7(2)5-4-6-9;1-3(2)4(5)6;1-2(3)4/h4-5H,2-3H2,1H3;1H2,2H3,(H,5,6);1H2. The van der Waals surface area contributed by atoms with Crippen LogP contribution in [-0.2, 0) is 14.3 Å². The first-order valence-electron chi connectivity index (χ1n) is 5.40. The van der Waals surface area contributed by atoms with E-state index in [1.807, 2.05) is 0 Å². The first-order chi connectivity index (χ1) is 9.59. The van der Waals surface area contributed by atoms with Crippen LogP contribution in [0.4, 0.5) is 0 Å². The Morgan fingerprint density at radius 3 is 1.95 bits per heavy atom. The van der Waals surface area contributed by atoms with Crippen molar-refractivity contribution in [2.75, 3.05) is 6.61 Å². The molecule has 0 fully saturated rings. The molecule has 0 atom stereocenters. The third-order valence-corrected chi connectivity index (χ3v) is 1.26. The van der Waals surface area contributed by atoms with Gasteiger partial charge in [-0.3, -0.25) is 0 Å². The van der Waals surface area contributed by atoms with Crippen LogP contribution in [0.2, 0.25) is 0 Å². The summed E-state index contributed by atoms with van der Waals surface area (Å²) in [7, 11) is 0. The summed E-state index contributed by atoms with van der Waals surface area (Å²) in [4.78, 5) is 20.4. The van der Waals surface area contributed by atoms with E-state index in [1.165, 1.54) is 19.1 Å². The highest BCUT2D eigenvalue weighted by molar-refractivity contribution is 6.55. The average molecular weight is 334 g/mol. The van der Waals surface area contributed by atoms with Gasteiger partial charge in [-0.2, -0.15) is 5.26 Å². The fraction of sp³-hybridized carbons (Fsp3) is 0.214. The van der Waals surface area contributed by atoms with Crippen molar-refractivity contribution in [1.29, 1.82) is 5.26 Å². The molecule has 5 nitrogen and oxygen atoms in total. The number of carbonyl (C=O) groups excluding carboxylic acids is 1. The Balaban J connectivity index is -0.000000272. The zero-order chi connectivity index (χ0) is 17.4. The molecule has 0 aromatic heterocycles. The van der Waals surface area contributed by atoms with Crippen LogP contribution in [0.3, 0.4) is 0 Å². The van der Waals surface area contributed by atoms with E-state index in [0.717, 1.165) is 0 Å². The van der Waals surface area contributed by atoms with Gasteiger partial charge >= 0.3 is 11.9 Å². The van der Waals surface area contributed by atoms with Gasteiger partial charge in [-0.05, 0) is 19.9 Å². The minimum Gasteiger partial charge on any atom is -0.478 e. The molecule has 1 N–H and O–H groups in total. The van der Waals surface area contributed by atoms with Crippen LogP contribution in [0, 0.1) is 11.3 Å². The van der Waals surface area contributed by atoms with E-state index in [1.54, 1.807) is 13.0 Å². The average Bonchev–Trinajstić information content (AvgIpc) is 2.36. The van der Waals surface area contributed by atoms with Crippen molar-refractivity contribution in [2.24, 2.45) is 0 Å². The van der Waals surface area contributed by atoms with Crippen LogP contribution in [0.5, 0.6) is 0 Å². The van der Waals surface area contributed by atoms with Crippen LogP contribution in [0.1, 0.15) is 13.8 Å². The number of aliphatic carboxylic acids is 1. The number of ether oxygens (including phenoxy) is 1. The van der Waals surface area contributed by atoms with Gasteiger partial charge in [-0.25, -0.2) is 9.59 Å². The molecular weight excluding hydrogens is 317 g/mol. The highest BCUT2D eigenvalue weighted by atomic mass is 35.5. The third kappa shape index (κ3) is 27.2. The maximum Gasteiger partial charge on any atom is 0.337 e. The number of allylic oxidation sites excluding steroid dienone is 1.